The molecule has 1 heterocycles. The van der Waals surface area contributed by atoms with Gasteiger partial charge in [-0.05, 0) is 24.3 Å². The molecule has 2 N–H and O–H groups in total. The fraction of sp³-hybridized carbons (Fsp3) is 0.538. The highest BCUT2D eigenvalue weighted by atomic mass is 32.1. The largest absolute Gasteiger partial charge is 0.396 e. The summed E-state index contributed by atoms with van der Waals surface area (Å²) in [6.07, 6.45) is 4.05. The summed E-state index contributed by atoms with van der Waals surface area (Å²) in [4.78, 5) is 12.6. The van der Waals surface area contributed by atoms with E-state index in [9.17, 15) is 9.90 Å². The van der Waals surface area contributed by atoms with Gasteiger partial charge in [0.15, 0.2) is 0 Å². The minimum absolute atomic E-state index is 0.0323. The normalized spacial score (nSPS) is 23.3. The van der Waals surface area contributed by atoms with Crippen LogP contribution in [0.2, 0.25) is 0 Å². The summed E-state index contributed by atoms with van der Waals surface area (Å²) in [5.74, 6) is -0.0416. The van der Waals surface area contributed by atoms with Gasteiger partial charge in [0.25, 0.3) is 5.91 Å². The molecule has 4 nitrogen and oxygen atoms in total. The van der Waals surface area contributed by atoms with Gasteiger partial charge in [0, 0.05) is 18.6 Å². The molecular formula is C13H16N2O2S. The molecule has 0 aliphatic heterocycles. The lowest BCUT2D eigenvalue weighted by molar-refractivity contribution is 0.0876. The molecule has 2 unspecified atom stereocenters. The van der Waals surface area contributed by atoms with Crippen molar-refractivity contribution in [2.75, 3.05) is 6.61 Å². The Hall–Kier alpha value is -1.38. The van der Waals surface area contributed by atoms with Crippen LogP contribution in [0.3, 0.4) is 0 Å². The van der Waals surface area contributed by atoms with Crippen LogP contribution in [0.1, 0.15) is 40.9 Å². The highest BCUT2D eigenvalue weighted by molar-refractivity contribution is 7.12. The maximum absolute atomic E-state index is 12.1. The van der Waals surface area contributed by atoms with E-state index in [4.69, 9.17) is 5.26 Å². The number of hydrogen-bond acceptors (Lipinski definition) is 4. The van der Waals surface area contributed by atoms with Crippen molar-refractivity contribution in [2.45, 2.75) is 31.7 Å². The number of aliphatic hydroxyl groups excluding tert-OH is 1. The number of nitrogens with one attached hydrogen (secondary N) is 1. The molecule has 1 aliphatic carbocycles. The maximum Gasteiger partial charge on any atom is 0.262 e. The van der Waals surface area contributed by atoms with E-state index in [1.165, 1.54) is 11.3 Å². The first kappa shape index (κ1) is 13.1. The van der Waals surface area contributed by atoms with Gasteiger partial charge < -0.3 is 10.4 Å². The predicted octanol–water partition coefficient (Wildman–Crippen LogP) is 1.90. The zero-order valence-corrected chi connectivity index (χ0v) is 10.9. The molecule has 1 saturated carbocycles. The first-order valence-electron chi connectivity index (χ1n) is 6.15. The van der Waals surface area contributed by atoms with Crippen molar-refractivity contribution in [1.29, 1.82) is 5.26 Å². The monoisotopic (exact) mass is 264 g/mol. The molecular weight excluding hydrogens is 248 g/mol. The first-order valence-corrected chi connectivity index (χ1v) is 7.03. The number of amides is 1. The third kappa shape index (κ3) is 2.71. The van der Waals surface area contributed by atoms with E-state index in [0.29, 0.717) is 10.4 Å². The number of rotatable bonds is 3. The first-order chi connectivity index (χ1) is 8.76. The summed E-state index contributed by atoms with van der Waals surface area (Å²) >= 11 is 1.28. The summed E-state index contributed by atoms with van der Waals surface area (Å²) in [6, 6.07) is 3.71. The predicted molar refractivity (Wildman–Crippen MR) is 69.3 cm³/mol. The molecule has 18 heavy (non-hydrogen) atoms. The van der Waals surface area contributed by atoms with Gasteiger partial charge in [-0.3, -0.25) is 4.79 Å². The fourth-order valence-corrected chi connectivity index (χ4v) is 3.17. The van der Waals surface area contributed by atoms with Crippen LogP contribution < -0.4 is 5.32 Å². The topological polar surface area (TPSA) is 73.1 Å². The van der Waals surface area contributed by atoms with Crippen LogP contribution in [0, 0.1) is 17.2 Å². The Morgan fingerprint density at radius 1 is 1.56 bits per heavy atom. The van der Waals surface area contributed by atoms with Crippen molar-refractivity contribution < 1.29 is 9.90 Å². The average molecular weight is 264 g/mol. The Labute approximate surface area is 110 Å². The minimum Gasteiger partial charge on any atom is -0.396 e. The average Bonchev–Trinajstić information content (AvgIpc) is 2.87. The van der Waals surface area contributed by atoms with Crippen LogP contribution in [0.25, 0.3) is 0 Å². The number of carbonyl (C=O) groups excluding carboxylic acids is 1. The van der Waals surface area contributed by atoms with E-state index < -0.39 is 0 Å². The maximum atomic E-state index is 12.1. The van der Waals surface area contributed by atoms with E-state index in [-0.39, 0.29) is 24.5 Å². The lowest BCUT2D eigenvalue weighted by atomic mass is 9.85. The molecule has 0 aromatic carbocycles. The lowest BCUT2D eigenvalue weighted by Crippen LogP contribution is -2.43. The molecule has 0 bridgehead atoms. The smallest absolute Gasteiger partial charge is 0.262 e. The fourth-order valence-electron chi connectivity index (χ4n) is 2.42. The number of aliphatic hydroxyl groups is 1. The van der Waals surface area contributed by atoms with Crippen LogP contribution in [0.4, 0.5) is 0 Å². The van der Waals surface area contributed by atoms with Gasteiger partial charge in [-0.25, -0.2) is 0 Å². The Kier molecular flexibility index (Phi) is 4.34. The van der Waals surface area contributed by atoms with E-state index in [0.717, 1.165) is 25.7 Å². The van der Waals surface area contributed by atoms with Crippen molar-refractivity contribution in [2.24, 2.45) is 5.92 Å². The quantitative estimate of drug-likeness (QED) is 0.875. The van der Waals surface area contributed by atoms with Gasteiger partial charge in [-0.2, -0.15) is 5.26 Å². The standard InChI is InChI=1S/C13H16N2O2S/c14-7-9-5-6-18-12(9)13(17)15-11-4-2-1-3-10(11)8-16/h5-6,10-11,16H,1-4,8H2,(H,15,17). The van der Waals surface area contributed by atoms with Gasteiger partial charge in [-0.1, -0.05) is 12.8 Å². The molecule has 96 valence electrons. The highest BCUT2D eigenvalue weighted by Crippen LogP contribution is 2.25. The molecule has 1 aliphatic rings. The van der Waals surface area contributed by atoms with Crippen molar-refractivity contribution in [1.82, 2.24) is 5.32 Å². The van der Waals surface area contributed by atoms with Crippen LogP contribution in [-0.2, 0) is 0 Å². The second kappa shape index (κ2) is 5.98. The highest BCUT2D eigenvalue weighted by Gasteiger charge is 2.27. The van der Waals surface area contributed by atoms with Crippen molar-refractivity contribution in [3.63, 3.8) is 0 Å². The van der Waals surface area contributed by atoms with Crippen molar-refractivity contribution >= 4 is 17.2 Å². The van der Waals surface area contributed by atoms with Gasteiger partial charge in [0.2, 0.25) is 0 Å². The second-order valence-electron chi connectivity index (χ2n) is 4.58. The van der Waals surface area contributed by atoms with E-state index in [1.807, 2.05) is 6.07 Å². The Bertz CT molecular complexity index is 464. The molecule has 1 aromatic heterocycles. The number of thiophene rings is 1. The van der Waals surface area contributed by atoms with Gasteiger partial charge in [-0.15, -0.1) is 11.3 Å². The van der Waals surface area contributed by atoms with Crippen LogP contribution in [0.5, 0.6) is 0 Å². The molecule has 0 saturated heterocycles. The van der Waals surface area contributed by atoms with E-state index in [1.54, 1.807) is 11.4 Å². The van der Waals surface area contributed by atoms with Crippen LogP contribution in [-0.4, -0.2) is 23.7 Å². The Morgan fingerprint density at radius 2 is 2.33 bits per heavy atom. The second-order valence-corrected chi connectivity index (χ2v) is 5.50. The Morgan fingerprint density at radius 3 is 3.06 bits per heavy atom. The van der Waals surface area contributed by atoms with Crippen LogP contribution >= 0.6 is 11.3 Å². The minimum atomic E-state index is -0.188. The number of nitriles is 1. The van der Waals surface area contributed by atoms with E-state index >= 15 is 0 Å². The summed E-state index contributed by atoms with van der Waals surface area (Å²) in [5, 5.41) is 22.9. The molecule has 2 rings (SSSR count). The summed E-state index contributed by atoms with van der Waals surface area (Å²) in [7, 11) is 0. The van der Waals surface area contributed by atoms with Crippen LogP contribution in [0.15, 0.2) is 11.4 Å². The number of carbonyl (C=O) groups is 1. The third-order valence-electron chi connectivity index (χ3n) is 3.45. The number of hydrogen-bond donors (Lipinski definition) is 2. The molecule has 1 amide bonds. The van der Waals surface area contributed by atoms with Crippen molar-refractivity contribution in [3.8, 4) is 6.07 Å². The number of nitrogens with zero attached hydrogens (tertiary/aromatic N) is 1. The lowest BCUT2D eigenvalue weighted by Gasteiger charge is -2.30. The molecule has 5 heteroatoms. The summed E-state index contributed by atoms with van der Waals surface area (Å²) in [6.45, 7) is 0.112. The summed E-state index contributed by atoms with van der Waals surface area (Å²) in [5.41, 5.74) is 0.425. The SMILES string of the molecule is N#Cc1ccsc1C(=O)NC1CCCCC1CO. The van der Waals surface area contributed by atoms with Gasteiger partial charge >= 0.3 is 0 Å². The zero-order valence-electron chi connectivity index (χ0n) is 10.1. The van der Waals surface area contributed by atoms with Crippen molar-refractivity contribution in [3.05, 3.63) is 21.9 Å². The van der Waals surface area contributed by atoms with Gasteiger partial charge in [0.05, 0.1) is 5.56 Å². The van der Waals surface area contributed by atoms with E-state index in [2.05, 4.69) is 5.32 Å². The molecule has 2 atom stereocenters. The molecule has 1 aromatic rings. The summed E-state index contributed by atoms with van der Waals surface area (Å²) < 4.78 is 0. The molecule has 0 radical (unpaired) electrons. The van der Waals surface area contributed by atoms with Gasteiger partial charge in [0.1, 0.15) is 10.9 Å². The molecule has 1 fully saturated rings. The molecule has 0 spiro atoms. The third-order valence-corrected chi connectivity index (χ3v) is 4.37. The zero-order chi connectivity index (χ0) is 13.0. The Balaban J connectivity index is 2.05.